The van der Waals surface area contributed by atoms with Crippen LogP contribution in [0.5, 0.6) is 0 Å². The molecular formula is C19H13F3N4O. The number of pyridine rings is 2. The second-order valence-electron chi connectivity index (χ2n) is 6.16. The van der Waals surface area contributed by atoms with E-state index in [9.17, 15) is 18.0 Å². The summed E-state index contributed by atoms with van der Waals surface area (Å²) in [5.74, 6) is -4.11. The molecule has 136 valence electrons. The van der Waals surface area contributed by atoms with E-state index in [1.165, 1.54) is 10.8 Å². The van der Waals surface area contributed by atoms with Crippen LogP contribution in [0.3, 0.4) is 0 Å². The largest absolute Gasteiger partial charge is 0.327 e. The molecule has 0 bridgehead atoms. The molecule has 27 heavy (non-hydrogen) atoms. The molecule has 0 aliphatic rings. The quantitative estimate of drug-likeness (QED) is 0.561. The van der Waals surface area contributed by atoms with Crippen LogP contribution in [0.15, 0.2) is 47.7 Å². The molecule has 0 saturated carbocycles. The molecule has 1 N–H and O–H groups in total. The Morgan fingerprint density at radius 1 is 1.07 bits per heavy atom. The van der Waals surface area contributed by atoms with Crippen LogP contribution in [0.4, 0.5) is 13.2 Å². The fraction of sp³-hybridized carbons (Fsp3) is 0.105. The third-order valence-electron chi connectivity index (χ3n) is 4.42. The van der Waals surface area contributed by atoms with Crippen molar-refractivity contribution in [1.82, 2.24) is 19.5 Å². The first kappa shape index (κ1) is 17.0. The van der Waals surface area contributed by atoms with Crippen LogP contribution in [-0.2, 0) is 6.54 Å². The van der Waals surface area contributed by atoms with Gasteiger partial charge in [-0.05, 0) is 47.9 Å². The normalized spacial score (nSPS) is 11.3. The van der Waals surface area contributed by atoms with Crippen LogP contribution in [-0.4, -0.2) is 19.5 Å². The zero-order valence-corrected chi connectivity index (χ0v) is 14.1. The highest BCUT2D eigenvalue weighted by Crippen LogP contribution is 2.25. The van der Waals surface area contributed by atoms with Crippen molar-refractivity contribution < 1.29 is 13.2 Å². The molecule has 3 heterocycles. The molecule has 0 fully saturated rings. The van der Waals surface area contributed by atoms with E-state index >= 15 is 0 Å². The van der Waals surface area contributed by atoms with Gasteiger partial charge in [0.2, 0.25) is 0 Å². The fourth-order valence-electron chi connectivity index (χ4n) is 2.90. The summed E-state index contributed by atoms with van der Waals surface area (Å²) in [5, 5.41) is 0. The van der Waals surface area contributed by atoms with Crippen molar-refractivity contribution in [2.24, 2.45) is 0 Å². The molecule has 1 aromatic carbocycles. The maximum absolute atomic E-state index is 13.6. The van der Waals surface area contributed by atoms with Crippen molar-refractivity contribution in [3.05, 3.63) is 81.9 Å². The highest BCUT2D eigenvalue weighted by atomic mass is 19.2. The first-order chi connectivity index (χ1) is 12.9. The zero-order chi connectivity index (χ0) is 19.1. The third kappa shape index (κ3) is 2.99. The zero-order valence-electron chi connectivity index (χ0n) is 14.1. The number of aryl methyl sites for hydroxylation is 1. The van der Waals surface area contributed by atoms with Crippen LogP contribution in [0.25, 0.3) is 22.3 Å². The van der Waals surface area contributed by atoms with Crippen molar-refractivity contribution in [3.63, 3.8) is 0 Å². The number of hydrogen-bond donors (Lipinski definition) is 1. The van der Waals surface area contributed by atoms with E-state index < -0.39 is 17.5 Å². The number of hydrogen-bond acceptors (Lipinski definition) is 3. The Hall–Kier alpha value is -3.42. The Balaban J connectivity index is 1.85. The van der Waals surface area contributed by atoms with Crippen LogP contribution in [0.2, 0.25) is 0 Å². The maximum Gasteiger partial charge on any atom is 0.327 e. The van der Waals surface area contributed by atoms with Crippen molar-refractivity contribution in [2.75, 3.05) is 0 Å². The minimum atomic E-state index is -1.53. The average molecular weight is 370 g/mol. The van der Waals surface area contributed by atoms with Crippen molar-refractivity contribution >= 4 is 11.2 Å². The molecule has 0 unspecified atom stereocenters. The number of nitrogens with one attached hydrogen (secondary N) is 1. The standard InChI is InChI=1S/C19H13F3N4O/c1-10-2-3-23-7-13(10)9-26-16-6-12(8-24-18(16)25-19(26)27)11-4-14(20)17(22)15(21)5-11/h2-8H,9H2,1H3,(H,24,25,27). The molecule has 0 spiro atoms. The lowest BCUT2D eigenvalue weighted by atomic mass is 10.1. The number of aromatic amines is 1. The summed E-state index contributed by atoms with van der Waals surface area (Å²) >= 11 is 0. The van der Waals surface area contributed by atoms with Crippen molar-refractivity contribution in [3.8, 4) is 11.1 Å². The molecule has 0 aliphatic carbocycles. The molecule has 5 nitrogen and oxygen atoms in total. The van der Waals surface area contributed by atoms with Gasteiger partial charge in [0.15, 0.2) is 23.1 Å². The van der Waals surface area contributed by atoms with Gasteiger partial charge in [-0.2, -0.15) is 0 Å². The first-order valence-corrected chi connectivity index (χ1v) is 8.07. The van der Waals surface area contributed by atoms with E-state index in [4.69, 9.17) is 0 Å². The lowest BCUT2D eigenvalue weighted by Crippen LogP contribution is -2.17. The number of fused-ring (bicyclic) bond motifs is 1. The molecule has 0 amide bonds. The number of halogens is 3. The van der Waals surface area contributed by atoms with E-state index in [2.05, 4.69) is 15.0 Å². The van der Waals surface area contributed by atoms with E-state index in [0.29, 0.717) is 16.7 Å². The summed E-state index contributed by atoms with van der Waals surface area (Å²) in [6.45, 7) is 2.17. The summed E-state index contributed by atoms with van der Waals surface area (Å²) < 4.78 is 41.8. The van der Waals surface area contributed by atoms with E-state index in [1.54, 1.807) is 18.5 Å². The lowest BCUT2D eigenvalue weighted by Gasteiger charge is -2.08. The number of aromatic nitrogens is 4. The minimum absolute atomic E-state index is 0.124. The Morgan fingerprint density at radius 2 is 1.81 bits per heavy atom. The van der Waals surface area contributed by atoms with E-state index in [1.807, 2.05) is 13.0 Å². The predicted octanol–water partition coefficient (Wildman–Crippen LogP) is 3.56. The minimum Gasteiger partial charge on any atom is -0.290 e. The lowest BCUT2D eigenvalue weighted by molar-refractivity contribution is 0.447. The fourth-order valence-corrected chi connectivity index (χ4v) is 2.90. The number of nitrogens with zero attached hydrogens (tertiary/aromatic N) is 3. The highest BCUT2D eigenvalue weighted by Gasteiger charge is 2.15. The monoisotopic (exact) mass is 370 g/mol. The summed E-state index contributed by atoms with van der Waals surface area (Å²) in [4.78, 5) is 23.2. The number of rotatable bonds is 3. The third-order valence-corrected chi connectivity index (χ3v) is 4.42. The van der Waals surface area contributed by atoms with Gasteiger partial charge in [-0.15, -0.1) is 0 Å². The molecule has 0 radical (unpaired) electrons. The second-order valence-corrected chi connectivity index (χ2v) is 6.16. The molecular weight excluding hydrogens is 357 g/mol. The first-order valence-electron chi connectivity index (χ1n) is 8.07. The summed E-state index contributed by atoms with van der Waals surface area (Å²) in [7, 11) is 0. The Bertz CT molecular complexity index is 1210. The van der Waals surface area contributed by atoms with Gasteiger partial charge in [-0.1, -0.05) is 0 Å². The van der Waals surface area contributed by atoms with E-state index in [-0.39, 0.29) is 17.8 Å². The summed E-state index contributed by atoms with van der Waals surface area (Å²) in [5.41, 5.74) is 2.74. The molecule has 8 heteroatoms. The maximum atomic E-state index is 13.6. The van der Waals surface area contributed by atoms with Crippen LogP contribution in [0.1, 0.15) is 11.1 Å². The summed E-state index contributed by atoms with van der Waals surface area (Å²) in [6, 6.07) is 5.20. The molecule has 0 saturated heterocycles. The van der Waals surface area contributed by atoms with Gasteiger partial charge in [0, 0.05) is 24.2 Å². The predicted molar refractivity (Wildman–Crippen MR) is 93.7 cm³/mol. The van der Waals surface area contributed by atoms with Crippen LogP contribution < -0.4 is 5.69 Å². The Kier molecular flexibility index (Phi) is 4.02. The van der Waals surface area contributed by atoms with Gasteiger partial charge in [0.1, 0.15) is 0 Å². The topological polar surface area (TPSA) is 63.6 Å². The van der Waals surface area contributed by atoms with Gasteiger partial charge in [-0.3, -0.25) is 14.5 Å². The van der Waals surface area contributed by atoms with Crippen LogP contribution in [0, 0.1) is 24.4 Å². The Labute approximate surface area is 151 Å². The van der Waals surface area contributed by atoms with Gasteiger partial charge >= 0.3 is 5.69 Å². The number of H-pyrrole nitrogens is 1. The number of benzene rings is 1. The SMILES string of the molecule is Cc1ccncc1Cn1c(=O)[nH]c2ncc(-c3cc(F)c(F)c(F)c3)cc21. The van der Waals surface area contributed by atoms with Gasteiger partial charge in [0.25, 0.3) is 0 Å². The van der Waals surface area contributed by atoms with Crippen molar-refractivity contribution in [1.29, 1.82) is 0 Å². The molecule has 3 aromatic heterocycles. The Morgan fingerprint density at radius 3 is 2.52 bits per heavy atom. The van der Waals surface area contributed by atoms with E-state index in [0.717, 1.165) is 23.3 Å². The summed E-state index contributed by atoms with van der Waals surface area (Å²) in [6.07, 6.45) is 4.70. The van der Waals surface area contributed by atoms with Crippen molar-refractivity contribution in [2.45, 2.75) is 13.5 Å². The average Bonchev–Trinajstić information content (AvgIpc) is 2.96. The van der Waals surface area contributed by atoms with Gasteiger partial charge < -0.3 is 0 Å². The van der Waals surface area contributed by atoms with Crippen LogP contribution >= 0.6 is 0 Å². The smallest absolute Gasteiger partial charge is 0.290 e. The highest BCUT2D eigenvalue weighted by molar-refractivity contribution is 5.78. The van der Waals surface area contributed by atoms with Gasteiger partial charge in [-0.25, -0.2) is 22.9 Å². The molecule has 0 aliphatic heterocycles. The number of imidazole rings is 1. The van der Waals surface area contributed by atoms with Gasteiger partial charge in [0.05, 0.1) is 12.1 Å². The molecule has 4 aromatic rings. The molecule has 0 atom stereocenters. The second kappa shape index (κ2) is 6.39. The molecule has 4 rings (SSSR count).